The second-order valence-electron chi connectivity index (χ2n) is 8.33. The number of hydrogen-bond donors (Lipinski definition) is 2. The summed E-state index contributed by atoms with van der Waals surface area (Å²) < 4.78 is 30.4. The number of anilines is 1. The lowest BCUT2D eigenvalue weighted by Gasteiger charge is -2.08. The minimum absolute atomic E-state index is 0.0104. The zero-order valence-corrected chi connectivity index (χ0v) is 21.8. The molecule has 0 aliphatic carbocycles. The van der Waals surface area contributed by atoms with Crippen LogP contribution in [0.15, 0.2) is 42.7 Å². The van der Waals surface area contributed by atoms with E-state index in [0.29, 0.717) is 50.1 Å². The van der Waals surface area contributed by atoms with Crippen LogP contribution in [0, 0.1) is 12.7 Å². The van der Waals surface area contributed by atoms with Gasteiger partial charge in [-0.15, -0.1) is 0 Å². The molecule has 13 heteroatoms. The van der Waals surface area contributed by atoms with Crippen molar-refractivity contribution in [1.29, 1.82) is 0 Å². The number of fused-ring (bicyclic) bond motifs is 2. The predicted molar refractivity (Wildman–Crippen MR) is 143 cm³/mol. The summed E-state index contributed by atoms with van der Waals surface area (Å²) in [6, 6.07) is 8.44. The molecule has 200 valence electrons. The number of aliphatic hydroxyl groups excluding tert-OH is 1. The van der Waals surface area contributed by atoms with E-state index in [1.54, 1.807) is 12.1 Å². The Balaban J connectivity index is 1.24. The van der Waals surface area contributed by atoms with Gasteiger partial charge in [-0.25, -0.2) is 24.1 Å². The van der Waals surface area contributed by atoms with Gasteiger partial charge in [-0.2, -0.15) is 4.98 Å². The number of rotatable bonds is 9. The van der Waals surface area contributed by atoms with Gasteiger partial charge in [0, 0.05) is 30.4 Å². The van der Waals surface area contributed by atoms with Gasteiger partial charge in [0.15, 0.2) is 5.82 Å². The monoisotopic (exact) mass is 550 g/mol. The van der Waals surface area contributed by atoms with Gasteiger partial charge in [0.05, 0.1) is 36.2 Å². The van der Waals surface area contributed by atoms with Crippen molar-refractivity contribution in [2.45, 2.75) is 13.3 Å². The predicted octanol–water partition coefficient (Wildman–Crippen LogP) is 4.31. The average Bonchev–Trinajstić information content (AvgIpc) is 3.34. The number of nitrogens with zero attached hydrogens (tertiary/aromatic N) is 5. The molecule has 0 unspecified atom stereocenters. The molecule has 2 N–H and O–H groups in total. The fourth-order valence-corrected chi connectivity index (χ4v) is 4.67. The number of ether oxygens (including phenoxy) is 3. The zero-order valence-electron chi connectivity index (χ0n) is 21.0. The SMILES string of the molecule is COc1cnc2c(-c3nc4cc(F)c(OCCOC(=O)Nc5ccc(CCO)nc5)nc4s3)cc(C)cc2n1. The van der Waals surface area contributed by atoms with Crippen molar-refractivity contribution < 1.29 is 28.5 Å². The number of amides is 1. The molecule has 1 amide bonds. The highest BCUT2D eigenvalue weighted by Crippen LogP contribution is 2.35. The Bertz CT molecular complexity index is 1650. The molecule has 0 aliphatic heterocycles. The van der Waals surface area contributed by atoms with Gasteiger partial charge >= 0.3 is 6.09 Å². The van der Waals surface area contributed by atoms with E-state index in [0.717, 1.165) is 11.1 Å². The van der Waals surface area contributed by atoms with E-state index in [-0.39, 0.29) is 25.7 Å². The Hall–Kier alpha value is -4.49. The third-order valence-corrected chi connectivity index (χ3v) is 6.51. The van der Waals surface area contributed by atoms with E-state index in [1.165, 1.54) is 36.9 Å². The highest BCUT2D eigenvalue weighted by atomic mass is 32.1. The first-order chi connectivity index (χ1) is 18.9. The van der Waals surface area contributed by atoms with E-state index in [2.05, 4.69) is 30.2 Å². The van der Waals surface area contributed by atoms with Gasteiger partial charge in [0.25, 0.3) is 5.88 Å². The molecular weight excluding hydrogens is 527 g/mol. The largest absolute Gasteiger partial charge is 0.480 e. The Morgan fingerprint density at radius 1 is 1.08 bits per heavy atom. The summed E-state index contributed by atoms with van der Waals surface area (Å²) in [6.45, 7) is 1.69. The number of pyridine rings is 2. The average molecular weight is 551 g/mol. The molecule has 11 nitrogen and oxygen atoms in total. The smallest absolute Gasteiger partial charge is 0.411 e. The van der Waals surface area contributed by atoms with Crippen LogP contribution in [0.25, 0.3) is 32.0 Å². The van der Waals surface area contributed by atoms with Gasteiger partial charge in [-0.3, -0.25) is 10.3 Å². The number of aromatic nitrogens is 5. The summed E-state index contributed by atoms with van der Waals surface area (Å²) >= 11 is 1.27. The first-order valence-corrected chi connectivity index (χ1v) is 12.7. The van der Waals surface area contributed by atoms with Crippen molar-refractivity contribution in [3.05, 3.63) is 59.8 Å². The van der Waals surface area contributed by atoms with Crippen molar-refractivity contribution in [3.63, 3.8) is 0 Å². The molecule has 0 saturated carbocycles. The Morgan fingerprint density at radius 2 is 1.95 bits per heavy atom. The molecule has 0 spiro atoms. The summed E-state index contributed by atoms with van der Waals surface area (Å²) in [5.41, 5.74) is 4.53. The van der Waals surface area contributed by atoms with Gasteiger partial charge in [-0.05, 0) is 36.8 Å². The molecule has 4 heterocycles. The number of benzene rings is 1. The number of aliphatic hydroxyl groups is 1. The molecule has 0 bridgehead atoms. The quantitative estimate of drug-likeness (QED) is 0.255. The number of halogens is 1. The van der Waals surface area contributed by atoms with Crippen LogP contribution in [0.5, 0.6) is 11.8 Å². The van der Waals surface area contributed by atoms with E-state index in [4.69, 9.17) is 19.3 Å². The molecule has 5 aromatic rings. The van der Waals surface area contributed by atoms with Crippen LogP contribution < -0.4 is 14.8 Å². The van der Waals surface area contributed by atoms with Crippen molar-refractivity contribution in [3.8, 4) is 22.3 Å². The summed E-state index contributed by atoms with van der Waals surface area (Å²) in [4.78, 5) is 34.4. The maximum atomic E-state index is 14.7. The van der Waals surface area contributed by atoms with Crippen molar-refractivity contribution in [2.24, 2.45) is 0 Å². The van der Waals surface area contributed by atoms with Gasteiger partial charge in [0.2, 0.25) is 5.88 Å². The molecule has 0 radical (unpaired) electrons. The molecule has 39 heavy (non-hydrogen) atoms. The number of nitrogens with one attached hydrogen (secondary N) is 1. The van der Waals surface area contributed by atoms with Crippen LogP contribution in [-0.4, -0.2) is 63.1 Å². The fourth-order valence-electron chi connectivity index (χ4n) is 3.74. The first-order valence-electron chi connectivity index (χ1n) is 11.8. The number of methoxy groups -OCH3 is 1. The van der Waals surface area contributed by atoms with Crippen molar-refractivity contribution >= 4 is 44.5 Å². The summed E-state index contributed by atoms with van der Waals surface area (Å²) in [7, 11) is 1.53. The fraction of sp³-hybridized carbons (Fsp3) is 0.231. The number of carbonyl (C=O) groups is 1. The normalized spacial score (nSPS) is 11.1. The van der Waals surface area contributed by atoms with Crippen LogP contribution in [-0.2, 0) is 11.2 Å². The second-order valence-corrected chi connectivity index (χ2v) is 9.31. The van der Waals surface area contributed by atoms with Crippen LogP contribution in [0.3, 0.4) is 0 Å². The van der Waals surface area contributed by atoms with Crippen molar-refractivity contribution in [2.75, 3.05) is 32.2 Å². The Labute approximate surface area is 225 Å². The molecule has 4 aromatic heterocycles. The molecule has 0 fully saturated rings. The van der Waals surface area contributed by atoms with Crippen LogP contribution >= 0.6 is 11.3 Å². The summed E-state index contributed by atoms with van der Waals surface area (Å²) in [6.07, 6.45) is 2.71. The zero-order chi connectivity index (χ0) is 27.4. The maximum absolute atomic E-state index is 14.7. The Kier molecular flexibility index (Phi) is 7.70. The third-order valence-electron chi connectivity index (χ3n) is 5.51. The molecule has 0 saturated heterocycles. The molecular formula is C26H23FN6O5S. The minimum atomic E-state index is -0.711. The van der Waals surface area contributed by atoms with E-state index < -0.39 is 11.9 Å². The Morgan fingerprint density at radius 3 is 2.72 bits per heavy atom. The number of aryl methyl sites for hydroxylation is 1. The number of thiazole rings is 1. The second kappa shape index (κ2) is 11.5. The maximum Gasteiger partial charge on any atom is 0.411 e. The van der Waals surface area contributed by atoms with Gasteiger partial charge in [-0.1, -0.05) is 11.3 Å². The first kappa shape index (κ1) is 26.1. The summed E-state index contributed by atoms with van der Waals surface area (Å²) in [5.74, 6) is -0.499. The van der Waals surface area contributed by atoms with E-state index in [9.17, 15) is 9.18 Å². The minimum Gasteiger partial charge on any atom is -0.480 e. The standard InChI is InChI=1S/C26H23FN6O5S/c1-14-9-17(22-19(10-14)31-21(36-2)13-29-22)24-32-20-11-18(27)23(33-25(20)39-24)37-7-8-38-26(35)30-16-4-3-15(5-6-34)28-12-16/h3-4,9-13,34H,5-8H2,1-2H3,(H,30,35). The topological polar surface area (TPSA) is 141 Å². The highest BCUT2D eigenvalue weighted by molar-refractivity contribution is 7.21. The van der Waals surface area contributed by atoms with E-state index in [1.807, 2.05) is 19.1 Å². The van der Waals surface area contributed by atoms with E-state index >= 15 is 0 Å². The van der Waals surface area contributed by atoms with Gasteiger partial charge < -0.3 is 19.3 Å². The van der Waals surface area contributed by atoms with Crippen LogP contribution in [0.4, 0.5) is 14.9 Å². The van der Waals surface area contributed by atoms with Crippen LogP contribution in [0.2, 0.25) is 0 Å². The summed E-state index contributed by atoms with van der Waals surface area (Å²) in [5, 5.41) is 12.1. The van der Waals surface area contributed by atoms with Gasteiger partial charge in [0.1, 0.15) is 28.6 Å². The highest BCUT2D eigenvalue weighted by Gasteiger charge is 2.17. The molecule has 0 aliphatic rings. The van der Waals surface area contributed by atoms with Crippen LogP contribution in [0.1, 0.15) is 11.3 Å². The lowest BCUT2D eigenvalue weighted by Crippen LogP contribution is -2.18. The molecule has 1 aromatic carbocycles. The number of carbonyl (C=O) groups excluding carboxylic acids is 1. The molecule has 0 atom stereocenters. The number of hydrogen-bond acceptors (Lipinski definition) is 11. The van der Waals surface area contributed by atoms with Crippen molar-refractivity contribution in [1.82, 2.24) is 24.9 Å². The lowest BCUT2D eigenvalue weighted by atomic mass is 10.1. The lowest BCUT2D eigenvalue weighted by molar-refractivity contribution is 0.135. The third kappa shape index (κ3) is 5.99. The molecule has 5 rings (SSSR count).